The summed E-state index contributed by atoms with van der Waals surface area (Å²) in [7, 11) is 2.19. The molecule has 0 saturated carbocycles. The van der Waals surface area contributed by atoms with Crippen molar-refractivity contribution in [2.45, 2.75) is 26.4 Å². The van der Waals surface area contributed by atoms with Crippen LogP contribution in [-0.2, 0) is 6.54 Å². The maximum absolute atomic E-state index is 5.73. The zero-order valence-corrected chi connectivity index (χ0v) is 17.1. The smallest absolute Gasteiger partial charge is 0.191 e. The molecular formula is C21H35N5O. The maximum atomic E-state index is 5.73. The Balaban J connectivity index is 1.91. The van der Waals surface area contributed by atoms with Crippen LogP contribution in [0.15, 0.2) is 41.9 Å². The predicted octanol–water partition coefficient (Wildman–Crippen LogP) is 1.94. The van der Waals surface area contributed by atoms with Gasteiger partial charge in [-0.15, -0.1) is 0 Å². The summed E-state index contributed by atoms with van der Waals surface area (Å²) in [6.45, 7) is 15.4. The molecule has 0 amide bonds. The Morgan fingerprint density at radius 3 is 2.70 bits per heavy atom. The van der Waals surface area contributed by atoms with E-state index in [-0.39, 0.29) is 0 Å². The van der Waals surface area contributed by atoms with Gasteiger partial charge < -0.3 is 20.3 Å². The van der Waals surface area contributed by atoms with E-state index in [1.807, 2.05) is 18.2 Å². The fourth-order valence-electron chi connectivity index (χ4n) is 3.07. The lowest BCUT2D eigenvalue weighted by Crippen LogP contribution is -2.52. The number of piperazine rings is 1. The van der Waals surface area contributed by atoms with Crippen LogP contribution in [0.2, 0.25) is 0 Å². The van der Waals surface area contributed by atoms with Gasteiger partial charge >= 0.3 is 0 Å². The van der Waals surface area contributed by atoms with Crippen LogP contribution in [0.25, 0.3) is 0 Å². The van der Waals surface area contributed by atoms with Gasteiger partial charge in [-0.3, -0.25) is 4.90 Å². The van der Waals surface area contributed by atoms with Crippen LogP contribution in [0.3, 0.4) is 0 Å². The second kappa shape index (κ2) is 11.6. The third-order valence-corrected chi connectivity index (χ3v) is 4.81. The molecule has 2 N–H and O–H groups in total. The summed E-state index contributed by atoms with van der Waals surface area (Å²) in [5, 5.41) is 6.82. The molecule has 2 rings (SSSR count). The molecule has 0 spiro atoms. The van der Waals surface area contributed by atoms with Crippen molar-refractivity contribution in [3.8, 4) is 5.75 Å². The highest BCUT2D eigenvalue weighted by atomic mass is 16.5. The molecule has 0 aromatic heterocycles. The van der Waals surface area contributed by atoms with E-state index in [2.05, 4.69) is 54.0 Å². The average molecular weight is 374 g/mol. The first-order valence-electron chi connectivity index (χ1n) is 9.90. The van der Waals surface area contributed by atoms with Gasteiger partial charge in [-0.2, -0.15) is 0 Å². The van der Waals surface area contributed by atoms with E-state index in [0.717, 1.165) is 56.5 Å². The highest BCUT2D eigenvalue weighted by molar-refractivity contribution is 5.79. The lowest BCUT2D eigenvalue weighted by Gasteiger charge is -2.36. The van der Waals surface area contributed by atoms with Crippen molar-refractivity contribution in [2.75, 3.05) is 52.9 Å². The number of nitrogens with one attached hydrogen (secondary N) is 2. The second-order valence-electron chi connectivity index (χ2n) is 6.97. The van der Waals surface area contributed by atoms with Crippen molar-refractivity contribution in [3.05, 3.63) is 42.5 Å². The summed E-state index contributed by atoms with van der Waals surface area (Å²) >= 11 is 0. The Hall–Kier alpha value is -2.05. The molecule has 1 atom stereocenters. The standard InChI is InChI=1S/C21H35N5O/c1-5-15-27-20-10-8-7-9-19(20)17-24-21(22-6-2)23-16-18(3)26-13-11-25(4)12-14-26/h5,7-10,18H,1,6,11-17H2,2-4H3,(H2,22,23,24). The molecular weight excluding hydrogens is 338 g/mol. The number of aliphatic imine (C=N–C) groups is 1. The number of likely N-dealkylation sites (N-methyl/N-ethyl adjacent to an activating group) is 1. The maximum Gasteiger partial charge on any atom is 0.191 e. The third-order valence-electron chi connectivity index (χ3n) is 4.81. The molecule has 0 radical (unpaired) electrons. The highest BCUT2D eigenvalue weighted by Gasteiger charge is 2.19. The third kappa shape index (κ3) is 7.23. The van der Waals surface area contributed by atoms with E-state index in [1.54, 1.807) is 6.08 Å². The normalized spacial score (nSPS) is 17.4. The van der Waals surface area contributed by atoms with Gasteiger partial charge in [0.1, 0.15) is 12.4 Å². The first kappa shape index (κ1) is 21.3. The quantitative estimate of drug-likeness (QED) is 0.394. The zero-order chi connectivity index (χ0) is 19.5. The van der Waals surface area contributed by atoms with Crippen molar-refractivity contribution in [3.63, 3.8) is 0 Å². The van der Waals surface area contributed by atoms with Crippen LogP contribution >= 0.6 is 0 Å². The molecule has 1 unspecified atom stereocenters. The Labute approximate surface area is 164 Å². The van der Waals surface area contributed by atoms with Gasteiger partial charge in [-0.1, -0.05) is 30.9 Å². The minimum Gasteiger partial charge on any atom is -0.489 e. The first-order chi connectivity index (χ1) is 13.1. The SMILES string of the molecule is C=CCOc1ccccc1CN=C(NCC)NCC(C)N1CCN(C)CC1. The summed E-state index contributed by atoms with van der Waals surface area (Å²) in [4.78, 5) is 9.66. The molecule has 1 saturated heterocycles. The fraction of sp³-hybridized carbons (Fsp3) is 0.571. The minimum absolute atomic E-state index is 0.478. The summed E-state index contributed by atoms with van der Waals surface area (Å²) in [6, 6.07) is 8.50. The molecule has 27 heavy (non-hydrogen) atoms. The van der Waals surface area contributed by atoms with Crippen molar-refractivity contribution in [1.82, 2.24) is 20.4 Å². The van der Waals surface area contributed by atoms with Crippen LogP contribution in [0, 0.1) is 0 Å². The van der Waals surface area contributed by atoms with Gasteiger partial charge in [0.2, 0.25) is 0 Å². The lowest BCUT2D eigenvalue weighted by atomic mass is 10.2. The molecule has 0 bridgehead atoms. The molecule has 1 aliphatic rings. The topological polar surface area (TPSA) is 52.1 Å². The van der Waals surface area contributed by atoms with Crippen molar-refractivity contribution >= 4 is 5.96 Å². The predicted molar refractivity (Wildman–Crippen MR) is 113 cm³/mol. The Morgan fingerprint density at radius 1 is 1.26 bits per heavy atom. The number of benzene rings is 1. The number of rotatable bonds is 9. The first-order valence-corrected chi connectivity index (χ1v) is 9.90. The monoisotopic (exact) mass is 373 g/mol. The summed E-state index contributed by atoms with van der Waals surface area (Å²) in [5.41, 5.74) is 1.07. The van der Waals surface area contributed by atoms with E-state index in [4.69, 9.17) is 9.73 Å². The number of guanidine groups is 1. The van der Waals surface area contributed by atoms with Crippen molar-refractivity contribution in [1.29, 1.82) is 0 Å². The highest BCUT2D eigenvalue weighted by Crippen LogP contribution is 2.18. The van der Waals surface area contributed by atoms with Crippen LogP contribution < -0.4 is 15.4 Å². The number of ether oxygens (including phenoxy) is 1. The van der Waals surface area contributed by atoms with Crippen LogP contribution in [0.5, 0.6) is 5.75 Å². The summed E-state index contributed by atoms with van der Waals surface area (Å²) < 4.78 is 5.73. The van der Waals surface area contributed by atoms with Gasteiger partial charge in [0.25, 0.3) is 0 Å². The van der Waals surface area contributed by atoms with Crippen molar-refractivity contribution in [2.24, 2.45) is 4.99 Å². The number of hydrogen-bond acceptors (Lipinski definition) is 4. The van der Waals surface area contributed by atoms with Crippen LogP contribution in [0.1, 0.15) is 19.4 Å². The van der Waals surface area contributed by atoms with Crippen LogP contribution in [0.4, 0.5) is 0 Å². The van der Waals surface area contributed by atoms with E-state index in [9.17, 15) is 0 Å². The Morgan fingerprint density at radius 2 is 2.00 bits per heavy atom. The van der Waals surface area contributed by atoms with E-state index in [1.165, 1.54) is 0 Å². The van der Waals surface area contributed by atoms with Crippen LogP contribution in [-0.4, -0.2) is 74.7 Å². The number of para-hydroxylation sites is 1. The molecule has 6 heteroatoms. The average Bonchev–Trinajstić information content (AvgIpc) is 2.69. The summed E-state index contributed by atoms with van der Waals surface area (Å²) in [6.07, 6.45) is 1.76. The second-order valence-corrected chi connectivity index (χ2v) is 6.97. The fourth-order valence-corrected chi connectivity index (χ4v) is 3.07. The van der Waals surface area contributed by atoms with E-state index < -0.39 is 0 Å². The molecule has 1 heterocycles. The van der Waals surface area contributed by atoms with Crippen molar-refractivity contribution < 1.29 is 4.74 Å². The van der Waals surface area contributed by atoms with E-state index >= 15 is 0 Å². The number of hydrogen-bond donors (Lipinski definition) is 2. The molecule has 150 valence electrons. The summed E-state index contributed by atoms with van der Waals surface area (Å²) in [5.74, 6) is 1.71. The Bertz CT molecular complexity index is 596. The largest absolute Gasteiger partial charge is 0.489 e. The number of nitrogens with zero attached hydrogens (tertiary/aromatic N) is 3. The Kier molecular flexibility index (Phi) is 9.15. The zero-order valence-electron chi connectivity index (χ0n) is 17.1. The molecule has 1 fully saturated rings. The molecule has 1 aromatic carbocycles. The van der Waals surface area contributed by atoms with Gasteiger partial charge in [-0.05, 0) is 27.0 Å². The molecule has 1 aromatic rings. The van der Waals surface area contributed by atoms with Gasteiger partial charge in [0.05, 0.1) is 6.54 Å². The van der Waals surface area contributed by atoms with Gasteiger partial charge in [0.15, 0.2) is 5.96 Å². The minimum atomic E-state index is 0.478. The van der Waals surface area contributed by atoms with Gasteiger partial charge in [0, 0.05) is 50.9 Å². The molecule has 6 nitrogen and oxygen atoms in total. The molecule has 1 aliphatic heterocycles. The molecule has 0 aliphatic carbocycles. The lowest BCUT2D eigenvalue weighted by molar-refractivity contribution is 0.120. The van der Waals surface area contributed by atoms with Gasteiger partial charge in [-0.25, -0.2) is 4.99 Å². The van der Waals surface area contributed by atoms with E-state index in [0.29, 0.717) is 19.2 Å².